The van der Waals surface area contributed by atoms with Crippen molar-refractivity contribution < 1.29 is 23.2 Å². The van der Waals surface area contributed by atoms with E-state index in [0.29, 0.717) is 25.1 Å². The average molecular weight is 594 g/mol. The van der Waals surface area contributed by atoms with Crippen molar-refractivity contribution in [2.24, 2.45) is 0 Å². The molecule has 12 heteroatoms. The molecule has 1 unspecified atom stereocenters. The molecule has 0 aliphatic carbocycles. The molecule has 1 aromatic heterocycles. The minimum absolute atomic E-state index is 0.0204. The number of anilines is 1. The lowest BCUT2D eigenvalue weighted by atomic mass is 10.1. The Balaban J connectivity index is 1.76. The molecule has 198 valence electrons. The summed E-state index contributed by atoms with van der Waals surface area (Å²) in [5.41, 5.74) is 0.748. The number of benzene rings is 2. The van der Waals surface area contributed by atoms with E-state index in [2.05, 4.69) is 20.9 Å². The summed E-state index contributed by atoms with van der Waals surface area (Å²) in [6.07, 6.45) is 3.93. The topological polar surface area (TPSA) is 126 Å². The van der Waals surface area contributed by atoms with Gasteiger partial charge in [0.2, 0.25) is 0 Å². The second-order valence-electron chi connectivity index (χ2n) is 9.35. The lowest BCUT2D eigenvalue weighted by Crippen LogP contribution is -2.42. The summed E-state index contributed by atoms with van der Waals surface area (Å²) in [5, 5.41) is 12.4. The highest BCUT2D eigenvalue weighted by atomic mass is 79.9. The fourth-order valence-corrected chi connectivity index (χ4v) is 4.75. The summed E-state index contributed by atoms with van der Waals surface area (Å²) < 4.78 is 30.1. The molecule has 0 aliphatic rings. The second-order valence-corrected chi connectivity index (χ2v) is 11.2. The Morgan fingerprint density at radius 3 is 2.49 bits per heavy atom. The first kappa shape index (κ1) is 28.5. The number of carbonyl (C=O) groups excluding carboxylic acids is 1. The van der Waals surface area contributed by atoms with Crippen LogP contribution < -0.4 is 4.31 Å². The molecule has 0 saturated heterocycles. The summed E-state index contributed by atoms with van der Waals surface area (Å²) in [4.78, 5) is 29.0. The number of ether oxygens (including phenoxy) is 1. The maximum Gasteiger partial charge on any atom is 0.410 e. The first-order chi connectivity index (χ1) is 17.4. The van der Waals surface area contributed by atoms with Gasteiger partial charge in [-0.25, -0.2) is 9.00 Å². The maximum absolute atomic E-state index is 13.0. The zero-order chi connectivity index (χ0) is 27.2. The third kappa shape index (κ3) is 8.20. The highest BCUT2D eigenvalue weighted by Gasteiger charge is 2.24. The van der Waals surface area contributed by atoms with Crippen LogP contribution in [0.15, 0.2) is 59.3 Å². The molecule has 37 heavy (non-hydrogen) atoms. The van der Waals surface area contributed by atoms with Crippen LogP contribution in [0.1, 0.15) is 32.8 Å². The standard InChI is InChI=1S/C25H29BrN4O6S/c1-25(2,3)36-24(31)28(12-4-5-18-6-8-21(9-7-18)30(32)33)13-14-29(37(34)35)23-16-20(26)15-19-17-27-11-10-22(19)23/h6-11,15-17H,4-5,12-14H2,1-3H3,(H,34,35). The van der Waals surface area contributed by atoms with Crippen molar-refractivity contribution in [3.8, 4) is 0 Å². The van der Waals surface area contributed by atoms with Crippen LogP contribution in [0, 0.1) is 10.1 Å². The molecule has 1 heterocycles. The molecule has 3 aromatic rings. The number of aromatic nitrogens is 1. The van der Waals surface area contributed by atoms with Gasteiger partial charge in [-0.2, -0.15) is 0 Å². The van der Waals surface area contributed by atoms with Gasteiger partial charge < -0.3 is 9.64 Å². The number of nitro benzene ring substituents is 1. The van der Waals surface area contributed by atoms with Crippen molar-refractivity contribution in [3.63, 3.8) is 0 Å². The number of carbonyl (C=O) groups is 1. The number of hydrogen-bond acceptors (Lipinski definition) is 6. The zero-order valence-corrected chi connectivity index (χ0v) is 23.2. The highest BCUT2D eigenvalue weighted by Crippen LogP contribution is 2.31. The number of nitro groups is 1. The molecule has 0 aliphatic heterocycles. The Hall–Kier alpha value is -3.09. The minimum Gasteiger partial charge on any atom is -0.444 e. The summed E-state index contributed by atoms with van der Waals surface area (Å²) in [6, 6.07) is 11.7. The number of hydrogen-bond donors (Lipinski definition) is 1. The van der Waals surface area contributed by atoms with Gasteiger partial charge in [0.1, 0.15) is 5.60 Å². The van der Waals surface area contributed by atoms with Crippen molar-refractivity contribution >= 4 is 55.4 Å². The van der Waals surface area contributed by atoms with E-state index in [9.17, 15) is 23.7 Å². The largest absolute Gasteiger partial charge is 0.444 e. The van der Waals surface area contributed by atoms with Gasteiger partial charge in [-0.05, 0) is 57.4 Å². The van der Waals surface area contributed by atoms with Gasteiger partial charge in [-0.15, -0.1) is 0 Å². The van der Waals surface area contributed by atoms with E-state index >= 15 is 0 Å². The number of amides is 1. The van der Waals surface area contributed by atoms with Crippen molar-refractivity contribution in [3.05, 3.63) is 75.0 Å². The minimum atomic E-state index is -2.35. The Morgan fingerprint density at radius 2 is 1.86 bits per heavy atom. The molecular formula is C25H29BrN4O6S. The zero-order valence-electron chi connectivity index (χ0n) is 20.8. The average Bonchev–Trinajstić information content (AvgIpc) is 2.81. The third-order valence-corrected chi connectivity index (χ3v) is 6.63. The van der Waals surface area contributed by atoms with Crippen LogP contribution in [0.3, 0.4) is 0 Å². The van der Waals surface area contributed by atoms with Crippen LogP contribution in [0.25, 0.3) is 10.8 Å². The van der Waals surface area contributed by atoms with Gasteiger partial charge >= 0.3 is 6.09 Å². The van der Waals surface area contributed by atoms with E-state index in [0.717, 1.165) is 20.8 Å². The van der Waals surface area contributed by atoms with Gasteiger partial charge in [-0.1, -0.05) is 28.1 Å². The molecule has 1 N–H and O–H groups in total. The maximum atomic E-state index is 13.0. The molecule has 10 nitrogen and oxygen atoms in total. The van der Waals surface area contributed by atoms with E-state index in [-0.39, 0.29) is 18.8 Å². The summed E-state index contributed by atoms with van der Waals surface area (Å²) in [6.45, 7) is 5.87. The van der Waals surface area contributed by atoms with Gasteiger partial charge in [0.25, 0.3) is 17.0 Å². The van der Waals surface area contributed by atoms with Crippen LogP contribution in [-0.2, 0) is 22.4 Å². The molecule has 3 rings (SSSR count). The molecule has 2 aromatic carbocycles. The normalized spacial score (nSPS) is 12.2. The Morgan fingerprint density at radius 1 is 1.16 bits per heavy atom. The lowest BCUT2D eigenvalue weighted by molar-refractivity contribution is -0.384. The molecule has 0 fully saturated rings. The third-order valence-electron chi connectivity index (χ3n) is 5.42. The van der Waals surface area contributed by atoms with Gasteiger partial charge in [0.05, 0.1) is 17.2 Å². The van der Waals surface area contributed by atoms with E-state index < -0.39 is 27.9 Å². The number of nitrogens with zero attached hydrogens (tertiary/aromatic N) is 4. The summed E-state index contributed by atoms with van der Waals surface area (Å²) in [5.74, 6) is 0. The SMILES string of the molecule is CC(C)(C)OC(=O)N(CCCc1ccc([N+](=O)[O-])cc1)CCN(c1cc(Br)cc2cnccc12)S(=O)O. The molecule has 0 saturated carbocycles. The van der Waals surface area contributed by atoms with E-state index in [1.165, 1.54) is 21.3 Å². The fourth-order valence-electron chi connectivity index (χ4n) is 3.73. The van der Waals surface area contributed by atoms with E-state index in [1.54, 1.807) is 57.4 Å². The smallest absolute Gasteiger partial charge is 0.410 e. The Bertz CT molecular complexity index is 1280. The van der Waals surface area contributed by atoms with E-state index in [4.69, 9.17) is 4.74 Å². The van der Waals surface area contributed by atoms with Crippen LogP contribution in [0.4, 0.5) is 16.2 Å². The van der Waals surface area contributed by atoms with Crippen molar-refractivity contribution in [1.29, 1.82) is 0 Å². The van der Waals surface area contributed by atoms with E-state index in [1.807, 2.05) is 6.07 Å². The fraction of sp³-hybridized carbons (Fsp3) is 0.360. The van der Waals surface area contributed by atoms with Crippen LogP contribution >= 0.6 is 15.9 Å². The predicted octanol–water partition coefficient (Wildman–Crippen LogP) is 5.72. The van der Waals surface area contributed by atoms with Crippen LogP contribution in [0.5, 0.6) is 0 Å². The number of rotatable bonds is 10. The predicted molar refractivity (Wildman–Crippen MR) is 147 cm³/mol. The van der Waals surface area contributed by atoms with Crippen molar-refractivity contribution in [2.45, 2.75) is 39.2 Å². The van der Waals surface area contributed by atoms with Crippen LogP contribution in [-0.4, -0.2) is 54.9 Å². The van der Waals surface area contributed by atoms with Gasteiger partial charge in [0, 0.05) is 52.9 Å². The molecule has 1 amide bonds. The van der Waals surface area contributed by atoms with Crippen LogP contribution in [0.2, 0.25) is 0 Å². The second kappa shape index (κ2) is 12.4. The quantitative estimate of drug-likeness (QED) is 0.181. The van der Waals surface area contributed by atoms with Crippen molar-refractivity contribution in [1.82, 2.24) is 9.88 Å². The molecule has 0 bridgehead atoms. The number of non-ortho nitro benzene ring substituents is 1. The van der Waals surface area contributed by atoms with Gasteiger partial charge in [-0.3, -0.25) is 24.0 Å². The van der Waals surface area contributed by atoms with Gasteiger partial charge in [0.15, 0.2) is 0 Å². The number of aryl methyl sites for hydroxylation is 1. The summed E-state index contributed by atoms with van der Waals surface area (Å²) in [7, 11) is 0. The molecule has 0 spiro atoms. The molecule has 0 radical (unpaired) electrons. The van der Waals surface area contributed by atoms with Crippen molar-refractivity contribution in [2.75, 3.05) is 23.9 Å². The lowest BCUT2D eigenvalue weighted by Gasteiger charge is -2.30. The first-order valence-electron chi connectivity index (χ1n) is 11.6. The Kier molecular flexibility index (Phi) is 9.57. The Labute approximate surface area is 226 Å². The molecular weight excluding hydrogens is 564 g/mol. The monoisotopic (exact) mass is 592 g/mol. The number of pyridine rings is 1. The summed E-state index contributed by atoms with van der Waals surface area (Å²) >= 11 is 1.10. The number of halogens is 1. The first-order valence-corrected chi connectivity index (χ1v) is 13.4. The number of fused-ring (bicyclic) bond motifs is 1. The highest BCUT2D eigenvalue weighted by molar-refractivity contribution is 9.10. The molecule has 1 atom stereocenters.